The van der Waals surface area contributed by atoms with Gasteiger partial charge in [0.2, 0.25) is 11.2 Å². The highest BCUT2D eigenvalue weighted by molar-refractivity contribution is 5.92. The molecule has 7 nitrogen and oxygen atoms in total. The first-order valence-electron chi connectivity index (χ1n) is 10.8. The number of benzene rings is 3. The number of ether oxygens (including phenoxy) is 3. The first-order chi connectivity index (χ1) is 16.8. The van der Waals surface area contributed by atoms with Crippen molar-refractivity contribution >= 4 is 22.6 Å². The molecular weight excluding hydrogens is 453 g/mol. The van der Waals surface area contributed by atoms with Gasteiger partial charge in [-0.15, -0.1) is 0 Å². The number of hydrogen-bond acceptors (Lipinski definition) is 6. The maximum Gasteiger partial charge on any atom is 0.262 e. The van der Waals surface area contributed by atoms with Crippen LogP contribution in [-0.2, 0) is 4.79 Å². The lowest BCUT2D eigenvalue weighted by Gasteiger charge is -2.14. The molecule has 3 aromatic carbocycles. The largest absolute Gasteiger partial charge is 0.493 e. The lowest BCUT2D eigenvalue weighted by atomic mass is 10.0. The number of hydrogen-bond donors (Lipinski definition) is 1. The summed E-state index contributed by atoms with van der Waals surface area (Å²) in [4.78, 5) is 25.9. The Bertz CT molecular complexity index is 1460. The molecule has 35 heavy (non-hydrogen) atoms. The number of carbonyl (C=O) groups excluding carboxylic acids is 1. The second-order valence-corrected chi connectivity index (χ2v) is 7.94. The maximum atomic E-state index is 13.5. The second-order valence-electron chi connectivity index (χ2n) is 7.94. The van der Waals surface area contributed by atoms with Gasteiger partial charge in [0.15, 0.2) is 23.9 Å². The molecule has 0 aliphatic carbocycles. The molecule has 0 radical (unpaired) electrons. The average molecular weight is 477 g/mol. The fraction of sp³-hybridized carbons (Fsp3) is 0.185. The van der Waals surface area contributed by atoms with Crippen LogP contribution >= 0.6 is 0 Å². The highest BCUT2D eigenvalue weighted by Crippen LogP contribution is 2.37. The summed E-state index contributed by atoms with van der Waals surface area (Å²) in [5.74, 6) is 0.0518. The van der Waals surface area contributed by atoms with Gasteiger partial charge in [0.05, 0.1) is 19.6 Å². The molecule has 0 atom stereocenters. The van der Waals surface area contributed by atoms with Gasteiger partial charge < -0.3 is 23.9 Å². The van der Waals surface area contributed by atoms with Gasteiger partial charge in [0, 0.05) is 11.3 Å². The standard InChI is InChI=1S/C27H24FNO6/c1-15-11-20-22(12-16(15)2)35-26(17-5-10-21(32-3)23(13-17)33-4)27(25(20)31)34-14-24(30)29-19-8-6-18(28)7-9-19/h5-13H,14H2,1-4H3,(H,29,30). The summed E-state index contributed by atoms with van der Waals surface area (Å²) in [7, 11) is 3.02. The van der Waals surface area contributed by atoms with Crippen LogP contribution in [0.2, 0.25) is 0 Å². The Morgan fingerprint density at radius 1 is 0.943 bits per heavy atom. The monoisotopic (exact) mass is 477 g/mol. The molecule has 0 bridgehead atoms. The van der Waals surface area contributed by atoms with E-state index in [2.05, 4.69) is 5.32 Å². The number of aryl methyl sites for hydroxylation is 2. The Kier molecular flexibility index (Phi) is 6.73. The van der Waals surface area contributed by atoms with Gasteiger partial charge in [-0.05, 0) is 79.6 Å². The van der Waals surface area contributed by atoms with Gasteiger partial charge in [0.1, 0.15) is 11.4 Å². The predicted octanol–water partition coefficient (Wildman–Crippen LogP) is 5.25. The Morgan fingerprint density at radius 2 is 1.63 bits per heavy atom. The Morgan fingerprint density at radius 3 is 2.31 bits per heavy atom. The van der Waals surface area contributed by atoms with Crippen LogP contribution in [0, 0.1) is 19.7 Å². The number of rotatable bonds is 7. The minimum absolute atomic E-state index is 0.109. The zero-order valence-electron chi connectivity index (χ0n) is 19.7. The molecule has 4 rings (SSSR count). The van der Waals surface area contributed by atoms with Crippen molar-refractivity contribution in [2.45, 2.75) is 13.8 Å². The molecule has 0 spiro atoms. The van der Waals surface area contributed by atoms with E-state index in [1.165, 1.54) is 38.5 Å². The molecule has 1 aromatic heterocycles. The lowest BCUT2D eigenvalue weighted by Crippen LogP contribution is -2.22. The fourth-order valence-electron chi connectivity index (χ4n) is 3.60. The molecule has 180 valence electrons. The summed E-state index contributed by atoms with van der Waals surface area (Å²) in [5.41, 5.74) is 2.78. The van der Waals surface area contributed by atoms with Crippen LogP contribution < -0.4 is 25.0 Å². The zero-order valence-corrected chi connectivity index (χ0v) is 19.7. The normalized spacial score (nSPS) is 10.8. The Balaban J connectivity index is 1.76. The molecular formula is C27H24FNO6. The van der Waals surface area contributed by atoms with E-state index in [0.717, 1.165) is 11.1 Å². The highest BCUT2D eigenvalue weighted by atomic mass is 19.1. The van der Waals surface area contributed by atoms with Gasteiger partial charge in [-0.25, -0.2) is 4.39 Å². The number of nitrogens with one attached hydrogen (secondary N) is 1. The van der Waals surface area contributed by atoms with E-state index < -0.39 is 23.8 Å². The first-order valence-corrected chi connectivity index (χ1v) is 10.8. The van der Waals surface area contributed by atoms with Gasteiger partial charge in [-0.2, -0.15) is 0 Å². The summed E-state index contributed by atoms with van der Waals surface area (Å²) in [5, 5.41) is 2.94. The van der Waals surface area contributed by atoms with Crippen molar-refractivity contribution in [3.05, 3.63) is 81.8 Å². The molecule has 0 unspecified atom stereocenters. The lowest BCUT2D eigenvalue weighted by molar-refractivity contribution is -0.118. The third-order valence-electron chi connectivity index (χ3n) is 5.59. The minimum Gasteiger partial charge on any atom is -0.493 e. The molecule has 1 heterocycles. The smallest absolute Gasteiger partial charge is 0.262 e. The third kappa shape index (κ3) is 4.96. The number of halogens is 1. The van der Waals surface area contributed by atoms with E-state index in [0.29, 0.717) is 33.7 Å². The van der Waals surface area contributed by atoms with Gasteiger partial charge in [-0.1, -0.05) is 0 Å². The summed E-state index contributed by atoms with van der Waals surface area (Å²) >= 11 is 0. The highest BCUT2D eigenvalue weighted by Gasteiger charge is 2.21. The van der Waals surface area contributed by atoms with Gasteiger partial charge >= 0.3 is 0 Å². The minimum atomic E-state index is -0.519. The molecule has 4 aromatic rings. The van der Waals surface area contributed by atoms with Crippen LogP contribution in [0.1, 0.15) is 11.1 Å². The fourth-order valence-corrected chi connectivity index (χ4v) is 3.60. The number of anilines is 1. The summed E-state index contributed by atoms with van der Waals surface area (Å²) < 4.78 is 35.7. The summed E-state index contributed by atoms with van der Waals surface area (Å²) in [6, 6.07) is 13.9. The van der Waals surface area contributed by atoms with Crippen molar-refractivity contribution in [2.75, 3.05) is 26.1 Å². The van der Waals surface area contributed by atoms with Crippen molar-refractivity contribution < 1.29 is 27.8 Å². The number of fused-ring (bicyclic) bond motifs is 1. The van der Waals surface area contributed by atoms with E-state index in [1.807, 2.05) is 13.8 Å². The van der Waals surface area contributed by atoms with Crippen LogP contribution in [0.25, 0.3) is 22.3 Å². The molecule has 0 fully saturated rings. The summed E-state index contributed by atoms with van der Waals surface area (Å²) in [6.45, 7) is 3.36. The summed E-state index contributed by atoms with van der Waals surface area (Å²) in [6.07, 6.45) is 0. The second kappa shape index (κ2) is 9.89. The van der Waals surface area contributed by atoms with Gasteiger partial charge in [-0.3, -0.25) is 9.59 Å². The van der Waals surface area contributed by atoms with E-state index in [1.54, 1.807) is 30.3 Å². The van der Waals surface area contributed by atoms with Crippen LogP contribution in [-0.4, -0.2) is 26.7 Å². The molecule has 0 saturated carbocycles. The predicted molar refractivity (Wildman–Crippen MR) is 131 cm³/mol. The number of methoxy groups -OCH3 is 2. The third-order valence-corrected chi connectivity index (χ3v) is 5.59. The number of amides is 1. The molecule has 1 amide bonds. The van der Waals surface area contributed by atoms with E-state index in [4.69, 9.17) is 18.6 Å². The quantitative estimate of drug-likeness (QED) is 0.391. The Labute approximate surface area is 201 Å². The van der Waals surface area contributed by atoms with Crippen LogP contribution in [0.4, 0.5) is 10.1 Å². The van der Waals surface area contributed by atoms with Crippen LogP contribution in [0.15, 0.2) is 63.8 Å². The van der Waals surface area contributed by atoms with Crippen molar-refractivity contribution in [3.63, 3.8) is 0 Å². The van der Waals surface area contributed by atoms with E-state index in [-0.39, 0.29) is 11.5 Å². The molecule has 0 aliphatic rings. The molecule has 8 heteroatoms. The van der Waals surface area contributed by atoms with Crippen molar-refractivity contribution in [1.82, 2.24) is 0 Å². The average Bonchev–Trinajstić information content (AvgIpc) is 2.85. The van der Waals surface area contributed by atoms with Gasteiger partial charge in [0.25, 0.3) is 5.91 Å². The molecule has 0 saturated heterocycles. The van der Waals surface area contributed by atoms with Crippen molar-refractivity contribution in [1.29, 1.82) is 0 Å². The number of carbonyl (C=O) groups is 1. The first kappa shape index (κ1) is 23.8. The SMILES string of the molecule is COc1ccc(-c2oc3cc(C)c(C)cc3c(=O)c2OCC(=O)Nc2ccc(F)cc2)cc1OC. The molecule has 1 N–H and O–H groups in total. The van der Waals surface area contributed by atoms with Crippen LogP contribution in [0.3, 0.4) is 0 Å². The van der Waals surface area contributed by atoms with E-state index in [9.17, 15) is 14.0 Å². The topological polar surface area (TPSA) is 87.0 Å². The Hall–Kier alpha value is -4.33. The van der Waals surface area contributed by atoms with Crippen molar-refractivity contribution in [3.8, 4) is 28.6 Å². The molecule has 0 aliphatic heterocycles. The van der Waals surface area contributed by atoms with Crippen LogP contribution in [0.5, 0.6) is 17.2 Å². The zero-order chi connectivity index (χ0) is 25.1. The van der Waals surface area contributed by atoms with E-state index >= 15 is 0 Å². The maximum absolute atomic E-state index is 13.5. The van der Waals surface area contributed by atoms with Crippen molar-refractivity contribution in [2.24, 2.45) is 0 Å².